The van der Waals surface area contributed by atoms with E-state index >= 15 is 0 Å². The quantitative estimate of drug-likeness (QED) is 0.604. The number of ether oxygens (including phenoxy) is 2. The van der Waals surface area contributed by atoms with Crippen molar-refractivity contribution in [2.45, 2.75) is 53.2 Å². The van der Waals surface area contributed by atoms with Crippen LogP contribution in [0.5, 0.6) is 0 Å². The largest absolute Gasteiger partial charge is 0.353 e. The first kappa shape index (κ1) is 14.9. The molecule has 15 heavy (non-hydrogen) atoms. The lowest BCUT2D eigenvalue weighted by Gasteiger charge is -2.40. The Balaban J connectivity index is 4.47. The first-order chi connectivity index (χ1) is 6.90. The van der Waals surface area contributed by atoms with Crippen molar-refractivity contribution in [2.75, 3.05) is 14.2 Å². The summed E-state index contributed by atoms with van der Waals surface area (Å²) >= 11 is 0. The van der Waals surface area contributed by atoms with E-state index in [4.69, 9.17) is 9.47 Å². The van der Waals surface area contributed by atoms with E-state index in [0.29, 0.717) is 11.8 Å². The van der Waals surface area contributed by atoms with E-state index in [2.05, 4.69) is 34.6 Å². The van der Waals surface area contributed by atoms with Gasteiger partial charge in [-0.15, -0.1) is 0 Å². The monoisotopic (exact) mass is 216 g/mol. The van der Waals surface area contributed by atoms with Gasteiger partial charge >= 0.3 is 0 Å². The molecule has 0 saturated heterocycles. The summed E-state index contributed by atoms with van der Waals surface area (Å²) in [7, 11) is 3.49. The third-order valence-corrected chi connectivity index (χ3v) is 3.31. The molecule has 0 spiro atoms. The molecule has 0 fully saturated rings. The van der Waals surface area contributed by atoms with Crippen molar-refractivity contribution in [1.29, 1.82) is 0 Å². The van der Waals surface area contributed by atoms with E-state index in [1.807, 2.05) is 0 Å². The minimum Gasteiger partial charge on any atom is -0.353 e. The maximum Gasteiger partial charge on any atom is 0.172 e. The van der Waals surface area contributed by atoms with E-state index in [-0.39, 0.29) is 0 Å². The Morgan fingerprint density at radius 3 is 1.60 bits per heavy atom. The van der Waals surface area contributed by atoms with Gasteiger partial charge < -0.3 is 9.47 Å². The Morgan fingerprint density at radius 2 is 1.33 bits per heavy atom. The van der Waals surface area contributed by atoms with Gasteiger partial charge in [0.05, 0.1) is 0 Å². The van der Waals surface area contributed by atoms with Gasteiger partial charge in [-0.3, -0.25) is 0 Å². The van der Waals surface area contributed by atoms with Crippen LogP contribution >= 0.6 is 0 Å². The molecule has 0 aliphatic carbocycles. The van der Waals surface area contributed by atoms with E-state index in [1.165, 1.54) is 6.42 Å². The van der Waals surface area contributed by atoms with Crippen LogP contribution in [0.2, 0.25) is 0 Å². The zero-order valence-electron chi connectivity index (χ0n) is 11.5. The molecule has 2 nitrogen and oxygen atoms in total. The van der Waals surface area contributed by atoms with Gasteiger partial charge in [-0.1, -0.05) is 41.0 Å². The fourth-order valence-electron chi connectivity index (χ4n) is 2.31. The summed E-state index contributed by atoms with van der Waals surface area (Å²) in [6.45, 7) is 11.0. The second-order valence-corrected chi connectivity index (χ2v) is 5.16. The van der Waals surface area contributed by atoms with Crippen LogP contribution in [0.1, 0.15) is 47.5 Å². The maximum absolute atomic E-state index is 5.62. The van der Waals surface area contributed by atoms with E-state index in [0.717, 1.165) is 12.3 Å². The topological polar surface area (TPSA) is 18.5 Å². The number of hydrogen-bond acceptors (Lipinski definition) is 2. The van der Waals surface area contributed by atoms with E-state index in [1.54, 1.807) is 14.2 Å². The van der Waals surface area contributed by atoms with Crippen molar-refractivity contribution < 1.29 is 9.47 Å². The van der Waals surface area contributed by atoms with Crippen LogP contribution in [0.15, 0.2) is 0 Å². The molecule has 2 heteroatoms. The minimum atomic E-state index is -0.422. The SMILES string of the molecule is COC(OC)(C(C)C)C(C)CCC(C)C. The molecule has 0 bridgehead atoms. The van der Waals surface area contributed by atoms with Crippen LogP contribution in [-0.2, 0) is 9.47 Å². The molecule has 0 aliphatic heterocycles. The molecule has 0 heterocycles. The zero-order valence-corrected chi connectivity index (χ0v) is 11.5. The van der Waals surface area contributed by atoms with Gasteiger partial charge in [0, 0.05) is 26.1 Å². The highest BCUT2D eigenvalue weighted by atomic mass is 16.7. The van der Waals surface area contributed by atoms with Crippen molar-refractivity contribution in [3.63, 3.8) is 0 Å². The van der Waals surface area contributed by atoms with Gasteiger partial charge in [0.25, 0.3) is 0 Å². The molecule has 1 unspecified atom stereocenters. The van der Waals surface area contributed by atoms with Crippen molar-refractivity contribution in [2.24, 2.45) is 17.8 Å². The van der Waals surface area contributed by atoms with Gasteiger partial charge in [0.2, 0.25) is 0 Å². The predicted molar refractivity (Wildman–Crippen MR) is 64.8 cm³/mol. The van der Waals surface area contributed by atoms with Crippen LogP contribution in [0.3, 0.4) is 0 Å². The van der Waals surface area contributed by atoms with Gasteiger partial charge in [-0.05, 0) is 12.3 Å². The third-order valence-electron chi connectivity index (χ3n) is 3.31. The summed E-state index contributed by atoms with van der Waals surface area (Å²) in [5.41, 5.74) is 0. The van der Waals surface area contributed by atoms with E-state index < -0.39 is 5.79 Å². The molecule has 1 atom stereocenters. The molecule has 92 valence electrons. The first-order valence-electron chi connectivity index (χ1n) is 6.01. The van der Waals surface area contributed by atoms with Crippen LogP contribution in [-0.4, -0.2) is 20.0 Å². The molecule has 0 aromatic heterocycles. The molecule has 0 aromatic carbocycles. The fourth-order valence-corrected chi connectivity index (χ4v) is 2.31. The fraction of sp³-hybridized carbons (Fsp3) is 1.00. The molecule has 0 amide bonds. The van der Waals surface area contributed by atoms with Crippen LogP contribution in [0.4, 0.5) is 0 Å². The Hall–Kier alpha value is -0.0800. The summed E-state index contributed by atoms with van der Waals surface area (Å²) in [6, 6.07) is 0. The number of methoxy groups -OCH3 is 2. The van der Waals surface area contributed by atoms with Gasteiger partial charge in [-0.25, -0.2) is 0 Å². The molecular formula is C13H28O2. The normalized spacial score (nSPS) is 15.0. The highest BCUT2D eigenvalue weighted by molar-refractivity contribution is 4.80. The lowest BCUT2D eigenvalue weighted by atomic mass is 9.85. The second-order valence-electron chi connectivity index (χ2n) is 5.16. The molecule has 0 saturated carbocycles. The van der Waals surface area contributed by atoms with Crippen molar-refractivity contribution in [3.8, 4) is 0 Å². The highest BCUT2D eigenvalue weighted by Gasteiger charge is 2.39. The molecule has 0 rings (SSSR count). The Morgan fingerprint density at radius 1 is 0.867 bits per heavy atom. The lowest BCUT2D eigenvalue weighted by molar-refractivity contribution is -0.263. The molecule has 0 N–H and O–H groups in total. The van der Waals surface area contributed by atoms with Crippen molar-refractivity contribution in [1.82, 2.24) is 0 Å². The van der Waals surface area contributed by atoms with Crippen molar-refractivity contribution in [3.05, 3.63) is 0 Å². The number of hydrogen-bond donors (Lipinski definition) is 0. The van der Waals surface area contributed by atoms with E-state index in [9.17, 15) is 0 Å². The highest BCUT2D eigenvalue weighted by Crippen LogP contribution is 2.34. The summed E-state index contributed by atoms with van der Waals surface area (Å²) in [4.78, 5) is 0. The summed E-state index contributed by atoms with van der Waals surface area (Å²) in [6.07, 6.45) is 2.37. The Labute approximate surface area is 95.3 Å². The molecule has 0 aromatic rings. The first-order valence-corrected chi connectivity index (χ1v) is 6.01. The predicted octanol–water partition coefficient (Wildman–Crippen LogP) is 3.70. The standard InChI is InChI=1S/C13H28O2/c1-10(2)8-9-12(5)13(14-6,15-7)11(3)4/h10-12H,8-9H2,1-7H3. The Kier molecular flexibility index (Phi) is 6.46. The average molecular weight is 216 g/mol. The molecule has 0 radical (unpaired) electrons. The molecule has 0 aliphatic rings. The molecular weight excluding hydrogens is 188 g/mol. The summed E-state index contributed by atoms with van der Waals surface area (Å²) < 4.78 is 11.2. The van der Waals surface area contributed by atoms with Crippen LogP contribution in [0, 0.1) is 17.8 Å². The van der Waals surface area contributed by atoms with Crippen LogP contribution < -0.4 is 0 Å². The third kappa shape index (κ3) is 3.76. The summed E-state index contributed by atoms with van der Waals surface area (Å²) in [5, 5.41) is 0. The minimum absolute atomic E-state index is 0.370. The van der Waals surface area contributed by atoms with Crippen molar-refractivity contribution >= 4 is 0 Å². The zero-order chi connectivity index (χ0) is 12.1. The van der Waals surface area contributed by atoms with Crippen LogP contribution in [0.25, 0.3) is 0 Å². The number of rotatable bonds is 7. The Bertz CT molecular complexity index is 160. The van der Waals surface area contributed by atoms with Gasteiger partial charge in [-0.2, -0.15) is 0 Å². The second kappa shape index (κ2) is 6.49. The van der Waals surface area contributed by atoms with Gasteiger partial charge in [0.1, 0.15) is 0 Å². The lowest BCUT2D eigenvalue weighted by Crippen LogP contribution is -2.45. The average Bonchev–Trinajstić information content (AvgIpc) is 2.17. The van der Waals surface area contributed by atoms with Gasteiger partial charge in [0.15, 0.2) is 5.79 Å². The summed E-state index contributed by atoms with van der Waals surface area (Å²) in [5.74, 6) is 1.12. The smallest absolute Gasteiger partial charge is 0.172 e. The maximum atomic E-state index is 5.62.